The lowest BCUT2D eigenvalue weighted by molar-refractivity contribution is 0.102. The van der Waals surface area contributed by atoms with Crippen LogP contribution in [-0.2, 0) is 6.54 Å². The van der Waals surface area contributed by atoms with Crippen LogP contribution in [0.1, 0.15) is 48.5 Å². The Morgan fingerprint density at radius 2 is 1.76 bits per heavy atom. The summed E-state index contributed by atoms with van der Waals surface area (Å²) >= 11 is 0. The molecule has 2 N–H and O–H groups in total. The molecule has 4 rings (SSSR count). The van der Waals surface area contributed by atoms with Crippen LogP contribution in [0.25, 0.3) is 10.8 Å². The number of benzene rings is 3. The Kier molecular flexibility index (Phi) is 7.30. The number of aromatic nitrogens is 1. The molecule has 1 amide bonds. The van der Waals surface area contributed by atoms with Crippen molar-refractivity contribution in [2.45, 2.75) is 39.2 Å². The monoisotopic (exact) mass is 442 g/mol. The van der Waals surface area contributed by atoms with Gasteiger partial charge in [0, 0.05) is 28.2 Å². The Hall–Kier alpha value is -3.73. The number of rotatable bonds is 10. The number of aromatic hydroxyl groups is 1. The van der Waals surface area contributed by atoms with Crippen molar-refractivity contribution in [1.29, 1.82) is 0 Å². The Morgan fingerprint density at radius 3 is 2.52 bits per heavy atom. The third-order valence-electron chi connectivity index (χ3n) is 5.70. The van der Waals surface area contributed by atoms with Crippen LogP contribution in [-0.4, -0.2) is 22.2 Å². The van der Waals surface area contributed by atoms with Crippen molar-refractivity contribution in [2.75, 3.05) is 11.9 Å². The molecule has 0 fully saturated rings. The molecule has 0 aliphatic carbocycles. The van der Waals surface area contributed by atoms with Crippen LogP contribution in [0.4, 0.5) is 5.69 Å². The highest BCUT2D eigenvalue weighted by Crippen LogP contribution is 2.30. The van der Waals surface area contributed by atoms with Crippen molar-refractivity contribution in [2.24, 2.45) is 0 Å². The number of fused-ring (bicyclic) bond motifs is 1. The fourth-order valence-corrected chi connectivity index (χ4v) is 3.86. The Bertz CT molecular complexity index is 1200. The number of carbonyl (C=O) groups excluding carboxylic acids is 1. The second kappa shape index (κ2) is 10.7. The van der Waals surface area contributed by atoms with Crippen LogP contribution in [0.5, 0.6) is 11.6 Å². The normalized spacial score (nSPS) is 10.9. The van der Waals surface area contributed by atoms with E-state index < -0.39 is 0 Å². The van der Waals surface area contributed by atoms with E-state index >= 15 is 0 Å². The highest BCUT2D eigenvalue weighted by Gasteiger charge is 2.11. The van der Waals surface area contributed by atoms with Gasteiger partial charge in [-0.2, -0.15) is 0 Å². The number of hydrogen-bond acceptors (Lipinski definition) is 3. The summed E-state index contributed by atoms with van der Waals surface area (Å²) in [5.74, 6) is 0.813. The number of amides is 1. The maximum atomic E-state index is 12.7. The molecule has 5 heteroatoms. The van der Waals surface area contributed by atoms with E-state index in [1.807, 2.05) is 65.4 Å². The molecule has 170 valence electrons. The van der Waals surface area contributed by atoms with Gasteiger partial charge in [-0.25, -0.2) is 0 Å². The van der Waals surface area contributed by atoms with Gasteiger partial charge in [0.25, 0.3) is 5.91 Å². The lowest BCUT2D eigenvalue weighted by Crippen LogP contribution is -2.11. The SMILES string of the molecule is CCCCCCOc1ccc(C(=O)Nc2ccc3c(O)n(Cc4ccccc4)cc3c2)cc1. The second-order valence-electron chi connectivity index (χ2n) is 8.26. The van der Waals surface area contributed by atoms with Crippen molar-refractivity contribution in [1.82, 2.24) is 4.57 Å². The molecule has 0 saturated carbocycles. The molecule has 33 heavy (non-hydrogen) atoms. The summed E-state index contributed by atoms with van der Waals surface area (Å²) in [4.78, 5) is 12.7. The minimum Gasteiger partial charge on any atom is -0.494 e. The van der Waals surface area contributed by atoms with Gasteiger partial charge in [0.05, 0.1) is 13.2 Å². The van der Waals surface area contributed by atoms with E-state index in [2.05, 4.69) is 12.2 Å². The Morgan fingerprint density at radius 1 is 0.970 bits per heavy atom. The van der Waals surface area contributed by atoms with Gasteiger partial charge in [-0.05, 0) is 54.4 Å². The third kappa shape index (κ3) is 5.75. The lowest BCUT2D eigenvalue weighted by atomic mass is 10.1. The number of unbranched alkanes of at least 4 members (excludes halogenated alkanes) is 3. The molecule has 0 atom stereocenters. The summed E-state index contributed by atoms with van der Waals surface area (Å²) < 4.78 is 7.56. The van der Waals surface area contributed by atoms with E-state index in [0.717, 1.165) is 28.5 Å². The molecule has 4 aromatic rings. The van der Waals surface area contributed by atoms with Crippen molar-refractivity contribution in [3.05, 3.63) is 90.1 Å². The van der Waals surface area contributed by atoms with Gasteiger partial charge in [0.15, 0.2) is 5.88 Å². The summed E-state index contributed by atoms with van der Waals surface area (Å²) in [5, 5.41) is 15.2. The predicted molar refractivity (Wildman–Crippen MR) is 133 cm³/mol. The predicted octanol–water partition coefficient (Wildman–Crippen LogP) is 6.61. The maximum Gasteiger partial charge on any atom is 0.255 e. The highest BCUT2D eigenvalue weighted by molar-refractivity contribution is 6.05. The Balaban J connectivity index is 1.39. The van der Waals surface area contributed by atoms with Gasteiger partial charge in [0.2, 0.25) is 0 Å². The minimum atomic E-state index is -0.184. The van der Waals surface area contributed by atoms with E-state index in [1.54, 1.807) is 18.2 Å². The van der Waals surface area contributed by atoms with Gasteiger partial charge in [0.1, 0.15) is 5.75 Å². The number of carbonyl (C=O) groups is 1. The summed E-state index contributed by atoms with van der Waals surface area (Å²) in [6.07, 6.45) is 6.55. The second-order valence-corrected chi connectivity index (χ2v) is 8.26. The molecular weight excluding hydrogens is 412 g/mol. The Labute approximate surface area is 194 Å². The van der Waals surface area contributed by atoms with Crippen molar-refractivity contribution < 1.29 is 14.6 Å². The zero-order chi connectivity index (χ0) is 23.0. The molecule has 1 aromatic heterocycles. The van der Waals surface area contributed by atoms with Crippen LogP contribution >= 0.6 is 0 Å². The molecule has 0 bridgehead atoms. The maximum absolute atomic E-state index is 12.7. The molecule has 5 nitrogen and oxygen atoms in total. The molecule has 0 saturated heterocycles. The molecule has 0 radical (unpaired) electrons. The first-order valence-corrected chi connectivity index (χ1v) is 11.5. The average Bonchev–Trinajstić information content (AvgIpc) is 3.14. The largest absolute Gasteiger partial charge is 0.494 e. The quantitative estimate of drug-likeness (QED) is 0.272. The minimum absolute atomic E-state index is 0.184. The average molecular weight is 443 g/mol. The van der Waals surface area contributed by atoms with Crippen LogP contribution in [0.3, 0.4) is 0 Å². The van der Waals surface area contributed by atoms with Gasteiger partial charge in [-0.15, -0.1) is 0 Å². The lowest BCUT2D eigenvalue weighted by Gasteiger charge is -2.08. The van der Waals surface area contributed by atoms with E-state index in [1.165, 1.54) is 19.3 Å². The van der Waals surface area contributed by atoms with Crippen LogP contribution < -0.4 is 10.1 Å². The smallest absolute Gasteiger partial charge is 0.255 e. The zero-order valence-corrected chi connectivity index (χ0v) is 19.0. The molecular formula is C28H30N2O3. The summed E-state index contributed by atoms with van der Waals surface area (Å²) in [6, 6.07) is 22.7. The molecule has 0 spiro atoms. The number of hydrogen-bond donors (Lipinski definition) is 2. The van der Waals surface area contributed by atoms with Crippen molar-refractivity contribution in [3.8, 4) is 11.6 Å². The van der Waals surface area contributed by atoms with Gasteiger partial charge < -0.3 is 19.7 Å². The van der Waals surface area contributed by atoms with Crippen LogP contribution in [0.2, 0.25) is 0 Å². The fraction of sp³-hybridized carbons (Fsp3) is 0.250. The summed E-state index contributed by atoms with van der Waals surface area (Å²) in [7, 11) is 0. The third-order valence-corrected chi connectivity index (χ3v) is 5.70. The fourth-order valence-electron chi connectivity index (χ4n) is 3.86. The van der Waals surface area contributed by atoms with Gasteiger partial charge in [-0.3, -0.25) is 4.79 Å². The topological polar surface area (TPSA) is 63.5 Å². The number of anilines is 1. The molecule has 0 aliphatic heterocycles. The highest BCUT2D eigenvalue weighted by atomic mass is 16.5. The first kappa shape index (κ1) is 22.5. The van der Waals surface area contributed by atoms with E-state index in [9.17, 15) is 9.90 Å². The summed E-state index contributed by atoms with van der Waals surface area (Å²) in [6.45, 7) is 3.47. The van der Waals surface area contributed by atoms with Gasteiger partial charge >= 0.3 is 0 Å². The summed E-state index contributed by atoms with van der Waals surface area (Å²) in [5.41, 5.74) is 2.36. The standard InChI is InChI=1S/C28H30N2O3/c1-2-3-4-8-17-33-25-14-11-22(12-15-25)27(31)29-24-13-16-26-23(18-24)20-30(28(26)32)19-21-9-6-5-7-10-21/h5-7,9-16,18,20,32H,2-4,8,17,19H2,1H3,(H,29,31). The van der Waals surface area contributed by atoms with E-state index in [4.69, 9.17) is 4.74 Å². The molecule has 1 heterocycles. The van der Waals surface area contributed by atoms with Crippen molar-refractivity contribution >= 4 is 22.4 Å². The first-order valence-electron chi connectivity index (χ1n) is 11.5. The van der Waals surface area contributed by atoms with Gasteiger partial charge in [-0.1, -0.05) is 56.5 Å². The van der Waals surface area contributed by atoms with E-state index in [0.29, 0.717) is 24.4 Å². The molecule has 0 aliphatic rings. The van der Waals surface area contributed by atoms with Crippen molar-refractivity contribution in [3.63, 3.8) is 0 Å². The van der Waals surface area contributed by atoms with E-state index in [-0.39, 0.29) is 11.8 Å². The first-order chi connectivity index (χ1) is 16.1. The number of nitrogens with zero attached hydrogens (tertiary/aromatic N) is 1. The van der Waals surface area contributed by atoms with Crippen LogP contribution in [0.15, 0.2) is 79.0 Å². The zero-order valence-electron chi connectivity index (χ0n) is 19.0. The number of nitrogens with one attached hydrogen (secondary N) is 1. The molecule has 3 aromatic carbocycles. The number of ether oxygens (including phenoxy) is 1. The van der Waals surface area contributed by atoms with Crippen LogP contribution in [0, 0.1) is 0 Å². The molecule has 0 unspecified atom stereocenters.